The molecule has 1 aromatic heterocycles. The maximum atomic E-state index is 10.4. The number of aromatic nitrogens is 2. The Kier molecular flexibility index (Phi) is 3.97. The van der Waals surface area contributed by atoms with Crippen molar-refractivity contribution in [3.63, 3.8) is 0 Å². The number of aliphatic carboxylic acids is 1. The van der Waals surface area contributed by atoms with E-state index in [0.29, 0.717) is 18.1 Å². The third-order valence-corrected chi connectivity index (χ3v) is 2.42. The second-order valence-electron chi connectivity index (χ2n) is 3.82. The van der Waals surface area contributed by atoms with Gasteiger partial charge in [-0.2, -0.15) is 0 Å². The van der Waals surface area contributed by atoms with Gasteiger partial charge in [0.05, 0.1) is 18.5 Å². The molecule has 0 saturated heterocycles. The van der Waals surface area contributed by atoms with E-state index in [2.05, 4.69) is 9.97 Å². The third kappa shape index (κ3) is 3.45. The number of hydrogen-bond donors (Lipinski definition) is 2. The molecule has 0 radical (unpaired) electrons. The van der Waals surface area contributed by atoms with Crippen molar-refractivity contribution in [2.24, 2.45) is 0 Å². The van der Waals surface area contributed by atoms with E-state index in [4.69, 9.17) is 9.84 Å². The van der Waals surface area contributed by atoms with E-state index in [0.717, 1.165) is 17.4 Å². The fourth-order valence-electron chi connectivity index (χ4n) is 1.63. The fourth-order valence-corrected chi connectivity index (χ4v) is 1.63. The highest BCUT2D eigenvalue weighted by atomic mass is 16.5. The highest BCUT2D eigenvalue weighted by Gasteiger charge is 2.03. The molecule has 0 spiro atoms. The van der Waals surface area contributed by atoms with Gasteiger partial charge in [0.25, 0.3) is 0 Å². The smallest absolute Gasteiger partial charge is 0.328 e. The first-order chi connectivity index (χ1) is 9.19. The fraction of sp³-hybridized carbons (Fsp3) is 0.143. The van der Waals surface area contributed by atoms with E-state index < -0.39 is 5.97 Å². The molecule has 5 nitrogen and oxygen atoms in total. The van der Waals surface area contributed by atoms with Crippen molar-refractivity contribution in [1.82, 2.24) is 9.97 Å². The first-order valence-corrected chi connectivity index (χ1v) is 5.88. The highest BCUT2D eigenvalue weighted by molar-refractivity contribution is 5.85. The van der Waals surface area contributed by atoms with Crippen LogP contribution in [0, 0.1) is 0 Å². The minimum absolute atomic E-state index is 0.605. The Morgan fingerprint density at radius 3 is 3.11 bits per heavy atom. The zero-order valence-electron chi connectivity index (χ0n) is 10.5. The van der Waals surface area contributed by atoms with Crippen molar-refractivity contribution in [2.45, 2.75) is 6.92 Å². The number of ether oxygens (including phenoxy) is 1. The Labute approximate surface area is 110 Å². The van der Waals surface area contributed by atoms with Crippen LogP contribution in [0.2, 0.25) is 0 Å². The van der Waals surface area contributed by atoms with E-state index in [9.17, 15) is 4.79 Å². The Morgan fingerprint density at radius 2 is 2.37 bits per heavy atom. The van der Waals surface area contributed by atoms with Crippen LogP contribution in [0.5, 0.6) is 5.75 Å². The number of carboxylic acid groups (broad SMARTS) is 1. The summed E-state index contributed by atoms with van der Waals surface area (Å²) in [4.78, 5) is 17.7. The molecule has 0 aliphatic rings. The molecule has 0 amide bonds. The molecule has 0 saturated carbocycles. The monoisotopic (exact) mass is 258 g/mol. The first-order valence-electron chi connectivity index (χ1n) is 5.88. The zero-order valence-corrected chi connectivity index (χ0v) is 10.5. The SMILES string of the molecule is CCOc1cccc(-c2ncc(/C=C/C(=O)O)[nH]2)c1. The summed E-state index contributed by atoms with van der Waals surface area (Å²) in [5.41, 5.74) is 1.53. The van der Waals surface area contributed by atoms with Crippen LogP contribution >= 0.6 is 0 Å². The Hall–Kier alpha value is -2.56. The van der Waals surface area contributed by atoms with E-state index in [1.807, 2.05) is 31.2 Å². The number of carboxylic acids is 1. The van der Waals surface area contributed by atoms with Crippen LogP contribution in [0.3, 0.4) is 0 Å². The maximum Gasteiger partial charge on any atom is 0.328 e. The first kappa shape index (κ1) is 12.9. The van der Waals surface area contributed by atoms with Gasteiger partial charge in [-0.15, -0.1) is 0 Å². The summed E-state index contributed by atoms with van der Waals surface area (Å²) in [6.45, 7) is 2.53. The lowest BCUT2D eigenvalue weighted by molar-refractivity contribution is -0.131. The Morgan fingerprint density at radius 1 is 1.53 bits per heavy atom. The van der Waals surface area contributed by atoms with Crippen LogP contribution < -0.4 is 4.74 Å². The summed E-state index contributed by atoms with van der Waals surface area (Å²) in [7, 11) is 0. The predicted molar refractivity (Wildman–Crippen MR) is 71.9 cm³/mol. The van der Waals surface area contributed by atoms with Gasteiger partial charge in [-0.3, -0.25) is 0 Å². The van der Waals surface area contributed by atoms with E-state index in [1.54, 1.807) is 6.20 Å². The van der Waals surface area contributed by atoms with Crippen molar-refractivity contribution in [3.05, 3.63) is 42.2 Å². The van der Waals surface area contributed by atoms with Crippen LogP contribution in [0.15, 0.2) is 36.5 Å². The predicted octanol–water partition coefficient (Wildman–Crippen LogP) is 2.57. The lowest BCUT2D eigenvalue weighted by Crippen LogP contribution is -1.91. The topological polar surface area (TPSA) is 75.2 Å². The van der Waals surface area contributed by atoms with E-state index in [1.165, 1.54) is 6.08 Å². The van der Waals surface area contributed by atoms with Gasteiger partial charge in [-0.05, 0) is 25.1 Å². The number of carbonyl (C=O) groups is 1. The summed E-state index contributed by atoms with van der Waals surface area (Å²) < 4.78 is 5.42. The van der Waals surface area contributed by atoms with Crippen LogP contribution in [-0.2, 0) is 4.79 Å². The Balaban J connectivity index is 2.22. The van der Waals surface area contributed by atoms with E-state index in [-0.39, 0.29) is 0 Å². The largest absolute Gasteiger partial charge is 0.494 e. The summed E-state index contributed by atoms with van der Waals surface area (Å²) in [6, 6.07) is 7.55. The van der Waals surface area contributed by atoms with Crippen molar-refractivity contribution < 1.29 is 14.6 Å². The van der Waals surface area contributed by atoms with Crippen LogP contribution in [0.1, 0.15) is 12.6 Å². The van der Waals surface area contributed by atoms with Crippen molar-refractivity contribution in [2.75, 3.05) is 6.61 Å². The molecule has 0 bridgehead atoms. The summed E-state index contributed by atoms with van der Waals surface area (Å²) in [5, 5.41) is 8.56. The molecule has 0 unspecified atom stereocenters. The molecule has 0 atom stereocenters. The summed E-state index contributed by atoms with van der Waals surface area (Å²) in [6.07, 6.45) is 4.11. The zero-order chi connectivity index (χ0) is 13.7. The molecule has 2 aromatic rings. The second-order valence-corrected chi connectivity index (χ2v) is 3.82. The number of imidazole rings is 1. The second kappa shape index (κ2) is 5.86. The molecule has 0 aliphatic heterocycles. The number of benzene rings is 1. The van der Waals surface area contributed by atoms with Gasteiger partial charge in [-0.1, -0.05) is 12.1 Å². The molecule has 1 heterocycles. The van der Waals surface area contributed by atoms with Gasteiger partial charge in [0, 0.05) is 11.6 Å². The lowest BCUT2D eigenvalue weighted by Gasteiger charge is -2.03. The van der Waals surface area contributed by atoms with Crippen LogP contribution in [0.4, 0.5) is 0 Å². The van der Waals surface area contributed by atoms with Crippen molar-refractivity contribution >= 4 is 12.0 Å². The normalized spacial score (nSPS) is 10.8. The van der Waals surface area contributed by atoms with E-state index >= 15 is 0 Å². The van der Waals surface area contributed by atoms with Crippen LogP contribution in [-0.4, -0.2) is 27.7 Å². The number of rotatable bonds is 5. The number of nitrogens with zero attached hydrogens (tertiary/aromatic N) is 1. The molecule has 2 N–H and O–H groups in total. The standard InChI is InChI=1S/C14H14N2O3/c1-2-19-12-5-3-4-10(8-12)14-15-9-11(16-14)6-7-13(17)18/h3-9H,2H2,1H3,(H,15,16)(H,17,18)/b7-6+. The number of H-pyrrole nitrogens is 1. The molecular weight excluding hydrogens is 244 g/mol. The molecule has 0 fully saturated rings. The molecule has 5 heteroatoms. The van der Waals surface area contributed by atoms with Gasteiger partial charge < -0.3 is 14.8 Å². The third-order valence-electron chi connectivity index (χ3n) is 2.42. The lowest BCUT2D eigenvalue weighted by atomic mass is 10.2. The molecule has 19 heavy (non-hydrogen) atoms. The van der Waals surface area contributed by atoms with Gasteiger partial charge in [0.1, 0.15) is 11.6 Å². The number of nitrogens with one attached hydrogen (secondary N) is 1. The van der Waals surface area contributed by atoms with Gasteiger partial charge in [-0.25, -0.2) is 9.78 Å². The average molecular weight is 258 g/mol. The molecular formula is C14H14N2O3. The highest BCUT2D eigenvalue weighted by Crippen LogP contribution is 2.21. The van der Waals surface area contributed by atoms with Gasteiger partial charge >= 0.3 is 5.97 Å². The quantitative estimate of drug-likeness (QED) is 0.808. The average Bonchev–Trinajstić information content (AvgIpc) is 2.86. The number of aromatic amines is 1. The van der Waals surface area contributed by atoms with Gasteiger partial charge in [0.15, 0.2) is 0 Å². The number of hydrogen-bond acceptors (Lipinski definition) is 3. The molecule has 0 aliphatic carbocycles. The summed E-state index contributed by atoms with van der Waals surface area (Å²) in [5.74, 6) is 0.458. The van der Waals surface area contributed by atoms with Gasteiger partial charge in [0.2, 0.25) is 0 Å². The molecule has 1 aromatic carbocycles. The Bertz CT molecular complexity index is 602. The van der Waals surface area contributed by atoms with Crippen molar-refractivity contribution in [1.29, 1.82) is 0 Å². The maximum absolute atomic E-state index is 10.4. The minimum Gasteiger partial charge on any atom is -0.494 e. The summed E-state index contributed by atoms with van der Waals surface area (Å²) >= 11 is 0. The van der Waals surface area contributed by atoms with Crippen molar-refractivity contribution in [3.8, 4) is 17.1 Å². The minimum atomic E-state index is -0.991. The van der Waals surface area contributed by atoms with Crippen LogP contribution in [0.25, 0.3) is 17.5 Å². The molecule has 98 valence electrons. The molecule has 2 rings (SSSR count).